The summed E-state index contributed by atoms with van der Waals surface area (Å²) >= 11 is 0. The molecule has 0 spiro atoms. The van der Waals surface area contributed by atoms with Crippen LogP contribution >= 0.6 is 0 Å². The molecule has 6 heteroatoms. The van der Waals surface area contributed by atoms with Gasteiger partial charge in [-0.3, -0.25) is 4.90 Å². The number of hydrogen-bond donors (Lipinski definition) is 1. The molecule has 1 aliphatic rings. The average molecular weight is 337 g/mol. The van der Waals surface area contributed by atoms with Gasteiger partial charge in [0.15, 0.2) is 11.5 Å². The summed E-state index contributed by atoms with van der Waals surface area (Å²) in [5, 5.41) is 0. The molecule has 1 aromatic rings. The number of piperazine rings is 1. The third kappa shape index (κ3) is 4.12. The fourth-order valence-corrected chi connectivity index (χ4v) is 3.40. The predicted octanol–water partition coefficient (Wildman–Crippen LogP) is 1.74. The van der Waals surface area contributed by atoms with Gasteiger partial charge in [0.1, 0.15) is 5.75 Å². The molecular weight excluding hydrogens is 306 g/mol. The summed E-state index contributed by atoms with van der Waals surface area (Å²) in [6, 6.07) is 3.99. The van der Waals surface area contributed by atoms with Crippen molar-refractivity contribution in [3.05, 3.63) is 17.7 Å². The molecule has 1 atom stereocenters. The molecule has 0 radical (unpaired) electrons. The largest absolute Gasteiger partial charge is 0.496 e. The fraction of sp³-hybridized carbons (Fsp3) is 0.667. The van der Waals surface area contributed by atoms with Gasteiger partial charge in [-0.2, -0.15) is 0 Å². The number of rotatable bonds is 8. The Morgan fingerprint density at radius 2 is 1.54 bits per heavy atom. The first-order valence-corrected chi connectivity index (χ1v) is 8.64. The van der Waals surface area contributed by atoms with Gasteiger partial charge in [-0.1, -0.05) is 6.92 Å². The van der Waals surface area contributed by atoms with Crippen LogP contribution in [0.3, 0.4) is 0 Å². The first-order chi connectivity index (χ1) is 11.7. The van der Waals surface area contributed by atoms with Crippen LogP contribution in [0.4, 0.5) is 0 Å². The Morgan fingerprint density at radius 1 is 0.958 bits per heavy atom. The average Bonchev–Trinajstić information content (AvgIpc) is 2.63. The van der Waals surface area contributed by atoms with Gasteiger partial charge in [0, 0.05) is 44.4 Å². The molecule has 0 aliphatic carbocycles. The Balaban J connectivity index is 2.23. The minimum atomic E-state index is 0.114. The zero-order valence-corrected chi connectivity index (χ0v) is 15.4. The standard InChI is InChI=1S/C18H31N3O3/c1-5-6-20-7-9-21(10-8-20)15(13-19)14-11-17(23-3)18(24-4)12-16(14)22-2/h11-12,15H,5-10,13,19H2,1-4H3. The van der Waals surface area contributed by atoms with Crippen molar-refractivity contribution in [2.75, 3.05) is 60.6 Å². The minimum absolute atomic E-state index is 0.114. The van der Waals surface area contributed by atoms with Crippen molar-refractivity contribution in [2.24, 2.45) is 5.73 Å². The quantitative estimate of drug-likeness (QED) is 0.780. The van der Waals surface area contributed by atoms with E-state index < -0.39 is 0 Å². The topological polar surface area (TPSA) is 60.2 Å². The Labute approximate surface area is 145 Å². The van der Waals surface area contributed by atoms with Crippen LogP contribution in [0.25, 0.3) is 0 Å². The molecule has 0 bridgehead atoms. The number of benzene rings is 1. The van der Waals surface area contributed by atoms with E-state index in [1.165, 1.54) is 13.0 Å². The van der Waals surface area contributed by atoms with Gasteiger partial charge in [0.2, 0.25) is 0 Å². The maximum absolute atomic E-state index is 6.13. The second-order valence-electron chi connectivity index (χ2n) is 6.08. The van der Waals surface area contributed by atoms with Gasteiger partial charge < -0.3 is 24.8 Å². The van der Waals surface area contributed by atoms with Crippen molar-refractivity contribution in [1.29, 1.82) is 0 Å². The highest BCUT2D eigenvalue weighted by molar-refractivity contribution is 5.52. The zero-order valence-electron chi connectivity index (χ0n) is 15.4. The van der Waals surface area contributed by atoms with Crippen molar-refractivity contribution >= 4 is 0 Å². The molecule has 0 saturated carbocycles. The second-order valence-corrected chi connectivity index (χ2v) is 6.08. The lowest BCUT2D eigenvalue weighted by Crippen LogP contribution is -2.49. The van der Waals surface area contributed by atoms with Crippen LogP contribution in [-0.4, -0.2) is 70.4 Å². The highest BCUT2D eigenvalue weighted by Crippen LogP contribution is 2.39. The maximum atomic E-state index is 6.13. The molecular formula is C18H31N3O3. The Hall–Kier alpha value is -1.50. The maximum Gasteiger partial charge on any atom is 0.164 e. The van der Waals surface area contributed by atoms with Gasteiger partial charge in [0.25, 0.3) is 0 Å². The Kier molecular flexibility index (Phi) is 7.15. The van der Waals surface area contributed by atoms with E-state index in [0.29, 0.717) is 18.0 Å². The van der Waals surface area contributed by atoms with Crippen LogP contribution in [-0.2, 0) is 0 Å². The van der Waals surface area contributed by atoms with Gasteiger partial charge in [-0.05, 0) is 19.0 Å². The van der Waals surface area contributed by atoms with Crippen LogP contribution in [0.15, 0.2) is 12.1 Å². The van der Waals surface area contributed by atoms with Gasteiger partial charge in [-0.15, -0.1) is 0 Å². The van der Waals surface area contributed by atoms with Gasteiger partial charge in [-0.25, -0.2) is 0 Å². The first kappa shape index (κ1) is 18.8. The van der Waals surface area contributed by atoms with Crippen molar-refractivity contribution in [2.45, 2.75) is 19.4 Å². The smallest absolute Gasteiger partial charge is 0.164 e. The van der Waals surface area contributed by atoms with E-state index in [1.807, 2.05) is 12.1 Å². The summed E-state index contributed by atoms with van der Waals surface area (Å²) in [6.45, 7) is 8.13. The normalized spacial score (nSPS) is 17.5. The fourth-order valence-electron chi connectivity index (χ4n) is 3.40. The molecule has 136 valence electrons. The third-order valence-corrected chi connectivity index (χ3v) is 4.71. The highest BCUT2D eigenvalue weighted by atomic mass is 16.5. The van der Waals surface area contributed by atoms with E-state index >= 15 is 0 Å². The van der Waals surface area contributed by atoms with E-state index in [-0.39, 0.29) is 6.04 Å². The molecule has 1 fully saturated rings. The summed E-state index contributed by atoms with van der Waals surface area (Å²) < 4.78 is 16.4. The molecule has 0 aromatic heterocycles. The molecule has 2 N–H and O–H groups in total. The van der Waals surface area contributed by atoms with E-state index in [9.17, 15) is 0 Å². The summed E-state index contributed by atoms with van der Waals surface area (Å²) in [5.41, 5.74) is 7.19. The van der Waals surface area contributed by atoms with Crippen LogP contribution < -0.4 is 19.9 Å². The van der Waals surface area contributed by atoms with Crippen molar-refractivity contribution in [1.82, 2.24) is 9.80 Å². The van der Waals surface area contributed by atoms with Crippen molar-refractivity contribution in [3.63, 3.8) is 0 Å². The number of nitrogens with two attached hydrogens (primary N) is 1. The number of hydrogen-bond acceptors (Lipinski definition) is 6. The second kappa shape index (κ2) is 9.11. The first-order valence-electron chi connectivity index (χ1n) is 8.64. The lowest BCUT2D eigenvalue weighted by molar-refractivity contribution is 0.0973. The number of ether oxygens (including phenoxy) is 3. The molecule has 2 rings (SSSR count). The van der Waals surface area contributed by atoms with E-state index in [1.54, 1.807) is 21.3 Å². The molecule has 1 saturated heterocycles. The van der Waals surface area contributed by atoms with Crippen LogP contribution in [0, 0.1) is 0 Å². The van der Waals surface area contributed by atoms with Gasteiger partial charge >= 0.3 is 0 Å². The molecule has 1 unspecified atom stereocenters. The van der Waals surface area contributed by atoms with Gasteiger partial charge in [0.05, 0.1) is 27.4 Å². The highest BCUT2D eigenvalue weighted by Gasteiger charge is 2.27. The monoisotopic (exact) mass is 337 g/mol. The van der Waals surface area contributed by atoms with Crippen LogP contribution in [0.2, 0.25) is 0 Å². The zero-order chi connectivity index (χ0) is 17.5. The lowest BCUT2D eigenvalue weighted by atomic mass is 10.0. The van der Waals surface area contributed by atoms with E-state index in [2.05, 4.69) is 16.7 Å². The van der Waals surface area contributed by atoms with Crippen molar-refractivity contribution in [3.8, 4) is 17.2 Å². The number of methoxy groups -OCH3 is 3. The SMILES string of the molecule is CCCN1CCN(C(CN)c2cc(OC)c(OC)cc2OC)CC1. The minimum Gasteiger partial charge on any atom is -0.496 e. The Bertz CT molecular complexity index is 516. The summed E-state index contributed by atoms with van der Waals surface area (Å²) in [4.78, 5) is 4.95. The molecule has 24 heavy (non-hydrogen) atoms. The van der Waals surface area contributed by atoms with Crippen LogP contribution in [0.5, 0.6) is 17.2 Å². The van der Waals surface area contributed by atoms with Crippen LogP contribution in [0.1, 0.15) is 24.9 Å². The Morgan fingerprint density at radius 3 is 2.04 bits per heavy atom. The summed E-state index contributed by atoms with van der Waals surface area (Å²) in [6.07, 6.45) is 1.20. The lowest BCUT2D eigenvalue weighted by Gasteiger charge is -2.39. The predicted molar refractivity (Wildman–Crippen MR) is 96.2 cm³/mol. The van der Waals surface area contributed by atoms with Crippen molar-refractivity contribution < 1.29 is 14.2 Å². The molecule has 1 aliphatic heterocycles. The molecule has 0 amide bonds. The van der Waals surface area contributed by atoms with E-state index in [4.69, 9.17) is 19.9 Å². The third-order valence-electron chi connectivity index (χ3n) is 4.71. The van der Waals surface area contributed by atoms with E-state index in [0.717, 1.165) is 37.5 Å². The molecule has 1 aromatic carbocycles. The summed E-state index contributed by atoms with van der Waals surface area (Å²) in [7, 11) is 4.96. The summed E-state index contributed by atoms with van der Waals surface area (Å²) in [5.74, 6) is 2.16. The molecule has 6 nitrogen and oxygen atoms in total. The molecule has 1 heterocycles. The number of nitrogens with zero attached hydrogens (tertiary/aromatic N) is 2.